The first-order chi connectivity index (χ1) is 11.8. The Balaban J connectivity index is 1.95. The summed E-state index contributed by atoms with van der Waals surface area (Å²) in [6, 6.07) is 9.09. The zero-order chi connectivity index (χ0) is 18.2. The van der Waals surface area contributed by atoms with E-state index < -0.39 is 20.7 Å². The van der Waals surface area contributed by atoms with Crippen LogP contribution in [0.5, 0.6) is 0 Å². The molecule has 0 bridgehead atoms. The first kappa shape index (κ1) is 16.7. The summed E-state index contributed by atoms with van der Waals surface area (Å²) < 4.78 is 33.7. The SMILES string of the molecule is CCn1c(=O)oc2cc(S(=O)(=O)Nc3ccc([N+](=O)[O-])cc3)ccc21. The minimum Gasteiger partial charge on any atom is -0.408 e. The standard InChI is InChI=1S/C15H13N3O6S/c1-2-17-13-8-7-12(9-14(13)24-15(17)19)25(22,23)16-10-3-5-11(6-4-10)18(20)21/h3-9,16H,2H2,1H3. The van der Waals surface area contributed by atoms with Crippen molar-refractivity contribution in [2.75, 3.05) is 4.72 Å². The third-order valence-electron chi connectivity index (χ3n) is 3.60. The second-order valence-corrected chi connectivity index (χ2v) is 6.83. The number of benzene rings is 2. The molecular weight excluding hydrogens is 350 g/mol. The van der Waals surface area contributed by atoms with E-state index >= 15 is 0 Å². The molecule has 3 aromatic rings. The highest BCUT2D eigenvalue weighted by atomic mass is 32.2. The van der Waals surface area contributed by atoms with Gasteiger partial charge in [-0.1, -0.05) is 0 Å². The highest BCUT2D eigenvalue weighted by molar-refractivity contribution is 7.92. The van der Waals surface area contributed by atoms with Crippen LogP contribution in [0.15, 0.2) is 56.6 Å². The van der Waals surface area contributed by atoms with Crippen molar-refractivity contribution in [3.05, 3.63) is 63.1 Å². The number of rotatable bonds is 5. The molecule has 1 heterocycles. The lowest BCUT2D eigenvalue weighted by Gasteiger charge is -2.08. The summed E-state index contributed by atoms with van der Waals surface area (Å²) in [5.74, 6) is -0.560. The number of anilines is 1. The quantitative estimate of drug-likeness (QED) is 0.548. The van der Waals surface area contributed by atoms with Gasteiger partial charge in [-0.05, 0) is 31.2 Å². The third kappa shape index (κ3) is 3.11. The smallest absolute Gasteiger partial charge is 0.408 e. The maximum absolute atomic E-state index is 12.5. The van der Waals surface area contributed by atoms with Gasteiger partial charge in [0.1, 0.15) is 0 Å². The van der Waals surface area contributed by atoms with Crippen LogP contribution in [0.3, 0.4) is 0 Å². The van der Waals surface area contributed by atoms with E-state index in [1.54, 1.807) is 6.92 Å². The molecular formula is C15H13N3O6S. The van der Waals surface area contributed by atoms with Crippen molar-refractivity contribution in [3.8, 4) is 0 Å². The number of aryl methyl sites for hydroxylation is 1. The molecule has 10 heteroatoms. The molecule has 0 saturated heterocycles. The van der Waals surface area contributed by atoms with Crippen molar-refractivity contribution in [2.45, 2.75) is 18.4 Å². The van der Waals surface area contributed by atoms with E-state index in [4.69, 9.17) is 4.42 Å². The van der Waals surface area contributed by atoms with E-state index in [0.717, 1.165) is 0 Å². The Morgan fingerprint density at radius 1 is 1.20 bits per heavy atom. The van der Waals surface area contributed by atoms with Crippen molar-refractivity contribution in [1.82, 2.24) is 4.57 Å². The number of non-ortho nitro benzene ring substituents is 1. The third-order valence-corrected chi connectivity index (χ3v) is 4.98. The summed E-state index contributed by atoms with van der Waals surface area (Å²) in [4.78, 5) is 21.6. The molecule has 1 N–H and O–H groups in total. The Labute approximate surface area is 141 Å². The molecule has 0 spiro atoms. The average molecular weight is 363 g/mol. The van der Waals surface area contributed by atoms with Crippen LogP contribution in [0.4, 0.5) is 11.4 Å². The zero-order valence-corrected chi connectivity index (χ0v) is 13.8. The minimum absolute atomic E-state index is 0.0876. The van der Waals surface area contributed by atoms with Gasteiger partial charge in [-0.15, -0.1) is 0 Å². The van der Waals surface area contributed by atoms with Crippen molar-refractivity contribution < 1.29 is 17.8 Å². The number of hydrogen-bond acceptors (Lipinski definition) is 6. The predicted octanol–water partition coefficient (Wildman–Crippen LogP) is 2.32. The fourth-order valence-electron chi connectivity index (χ4n) is 2.38. The number of sulfonamides is 1. The molecule has 0 radical (unpaired) electrons. The number of aromatic nitrogens is 1. The van der Waals surface area contributed by atoms with Gasteiger partial charge in [-0.3, -0.25) is 19.4 Å². The first-order valence-electron chi connectivity index (χ1n) is 7.22. The van der Waals surface area contributed by atoms with Crippen molar-refractivity contribution in [3.63, 3.8) is 0 Å². The molecule has 0 atom stereocenters. The van der Waals surface area contributed by atoms with Crippen LogP contribution in [-0.4, -0.2) is 17.9 Å². The maximum Gasteiger partial charge on any atom is 0.419 e. The molecule has 2 aromatic carbocycles. The average Bonchev–Trinajstić information content (AvgIpc) is 2.89. The second kappa shape index (κ2) is 6.06. The molecule has 1 aromatic heterocycles. The monoisotopic (exact) mass is 363 g/mol. The molecule has 0 aliphatic rings. The van der Waals surface area contributed by atoms with E-state index in [1.165, 1.54) is 47.0 Å². The van der Waals surface area contributed by atoms with Gasteiger partial charge in [-0.2, -0.15) is 0 Å². The second-order valence-electron chi connectivity index (χ2n) is 5.15. The van der Waals surface area contributed by atoms with Crippen LogP contribution < -0.4 is 10.5 Å². The van der Waals surface area contributed by atoms with Gasteiger partial charge in [0, 0.05) is 30.4 Å². The van der Waals surface area contributed by atoms with Gasteiger partial charge in [0.15, 0.2) is 5.58 Å². The number of nitrogens with zero attached hydrogens (tertiary/aromatic N) is 2. The summed E-state index contributed by atoms with van der Waals surface area (Å²) in [6.45, 7) is 2.18. The van der Waals surface area contributed by atoms with E-state index in [2.05, 4.69) is 4.72 Å². The Morgan fingerprint density at radius 3 is 2.48 bits per heavy atom. The minimum atomic E-state index is -3.94. The number of nitrogens with one attached hydrogen (secondary N) is 1. The summed E-state index contributed by atoms with van der Waals surface area (Å²) in [5, 5.41) is 10.6. The van der Waals surface area contributed by atoms with E-state index in [-0.39, 0.29) is 21.9 Å². The Morgan fingerprint density at radius 2 is 1.88 bits per heavy atom. The highest BCUT2D eigenvalue weighted by Gasteiger charge is 2.18. The van der Waals surface area contributed by atoms with E-state index in [9.17, 15) is 23.3 Å². The number of oxazole rings is 1. The molecule has 0 aliphatic heterocycles. The number of nitro groups is 1. The molecule has 9 nitrogen and oxygen atoms in total. The van der Waals surface area contributed by atoms with Gasteiger partial charge < -0.3 is 4.42 Å². The van der Waals surface area contributed by atoms with Gasteiger partial charge in [0.25, 0.3) is 15.7 Å². The molecule has 0 saturated carbocycles. The van der Waals surface area contributed by atoms with Crippen LogP contribution in [0.2, 0.25) is 0 Å². The maximum atomic E-state index is 12.5. The molecule has 3 rings (SSSR count). The Kier molecular flexibility index (Phi) is 4.05. The highest BCUT2D eigenvalue weighted by Crippen LogP contribution is 2.22. The van der Waals surface area contributed by atoms with Crippen molar-refractivity contribution >= 4 is 32.5 Å². The summed E-state index contributed by atoms with van der Waals surface area (Å²) in [6.07, 6.45) is 0. The van der Waals surface area contributed by atoms with Crippen molar-refractivity contribution in [1.29, 1.82) is 0 Å². The number of hydrogen-bond donors (Lipinski definition) is 1. The van der Waals surface area contributed by atoms with Crippen LogP contribution in [0, 0.1) is 10.1 Å². The Hall–Kier alpha value is -3.14. The molecule has 0 amide bonds. The van der Waals surface area contributed by atoms with E-state index in [1.807, 2.05) is 0 Å². The molecule has 0 fully saturated rings. The Bertz CT molecular complexity index is 1110. The topological polar surface area (TPSA) is 124 Å². The number of fused-ring (bicyclic) bond motifs is 1. The van der Waals surface area contributed by atoms with Gasteiger partial charge in [0.05, 0.1) is 15.3 Å². The van der Waals surface area contributed by atoms with E-state index in [0.29, 0.717) is 12.1 Å². The zero-order valence-electron chi connectivity index (χ0n) is 13.0. The summed E-state index contributed by atoms with van der Waals surface area (Å²) in [7, 11) is -3.94. The van der Waals surface area contributed by atoms with Crippen LogP contribution >= 0.6 is 0 Å². The molecule has 0 unspecified atom stereocenters. The normalized spacial score (nSPS) is 11.6. The fraction of sp³-hybridized carbons (Fsp3) is 0.133. The predicted molar refractivity (Wildman–Crippen MR) is 90.1 cm³/mol. The summed E-state index contributed by atoms with van der Waals surface area (Å²) >= 11 is 0. The summed E-state index contributed by atoms with van der Waals surface area (Å²) in [5.41, 5.74) is 0.700. The lowest BCUT2D eigenvalue weighted by molar-refractivity contribution is -0.384. The largest absolute Gasteiger partial charge is 0.419 e. The van der Waals surface area contributed by atoms with Gasteiger partial charge >= 0.3 is 5.76 Å². The first-order valence-corrected chi connectivity index (χ1v) is 8.71. The van der Waals surface area contributed by atoms with Crippen molar-refractivity contribution in [2.24, 2.45) is 0 Å². The van der Waals surface area contributed by atoms with Crippen LogP contribution in [0.25, 0.3) is 11.1 Å². The number of nitro benzene ring substituents is 1. The molecule has 0 aliphatic carbocycles. The lowest BCUT2D eigenvalue weighted by atomic mass is 10.3. The molecule has 25 heavy (non-hydrogen) atoms. The van der Waals surface area contributed by atoms with Gasteiger partial charge in [-0.25, -0.2) is 13.2 Å². The van der Waals surface area contributed by atoms with Crippen LogP contribution in [0.1, 0.15) is 6.92 Å². The fourth-order valence-corrected chi connectivity index (χ4v) is 3.45. The van der Waals surface area contributed by atoms with Gasteiger partial charge in [0.2, 0.25) is 0 Å². The molecule has 130 valence electrons. The van der Waals surface area contributed by atoms with Crippen LogP contribution in [-0.2, 0) is 16.6 Å². The lowest BCUT2D eigenvalue weighted by Crippen LogP contribution is -2.13.